The number of nitrogen functional groups attached to an aromatic ring is 2. The Bertz CT molecular complexity index is 594. The van der Waals surface area contributed by atoms with Crippen LogP contribution in [-0.4, -0.2) is 9.97 Å². The molecule has 2 rings (SSSR count). The van der Waals surface area contributed by atoms with Crippen LogP contribution in [0.15, 0.2) is 24.4 Å². The van der Waals surface area contributed by atoms with E-state index in [1.165, 1.54) is 0 Å². The Morgan fingerprint density at radius 2 is 2.06 bits per heavy atom. The molecule has 0 aliphatic carbocycles. The van der Waals surface area contributed by atoms with E-state index in [1.54, 1.807) is 18.3 Å². The van der Waals surface area contributed by atoms with E-state index in [4.69, 9.17) is 35.3 Å². The molecule has 0 saturated heterocycles. The number of hydrogen-bond acceptors (Lipinski definition) is 4. The fraction of sp³-hybridized carbons (Fsp3) is 0. The molecule has 0 radical (unpaired) electrons. The number of nitrogens with one attached hydrogen (secondary N) is 1. The Balaban J connectivity index is 2.59. The van der Waals surface area contributed by atoms with E-state index in [9.17, 15) is 0 Å². The van der Waals surface area contributed by atoms with Crippen LogP contribution in [0, 0.1) is 4.64 Å². The summed E-state index contributed by atoms with van der Waals surface area (Å²) in [7, 11) is 0. The third kappa shape index (κ3) is 2.00. The van der Waals surface area contributed by atoms with Crippen LogP contribution < -0.4 is 11.5 Å². The first kappa shape index (κ1) is 10.9. The Morgan fingerprint density at radius 1 is 1.31 bits per heavy atom. The number of hydrogen-bond donors (Lipinski definition) is 3. The van der Waals surface area contributed by atoms with Crippen LogP contribution in [0.4, 0.5) is 11.6 Å². The maximum atomic E-state index is 5.84. The van der Waals surface area contributed by atoms with Crippen LogP contribution in [0.3, 0.4) is 0 Å². The SMILES string of the molecule is Nc1ncc(-c2ccc(Cl)c(N)c2)c(=S)[nH]1. The Morgan fingerprint density at radius 3 is 2.69 bits per heavy atom. The molecule has 0 aliphatic rings. The summed E-state index contributed by atoms with van der Waals surface area (Å²) in [6.45, 7) is 0. The lowest BCUT2D eigenvalue weighted by atomic mass is 10.1. The van der Waals surface area contributed by atoms with E-state index >= 15 is 0 Å². The van der Waals surface area contributed by atoms with Gasteiger partial charge in [-0.05, 0) is 17.7 Å². The van der Waals surface area contributed by atoms with Crippen molar-refractivity contribution in [3.8, 4) is 11.1 Å². The summed E-state index contributed by atoms with van der Waals surface area (Å²) in [5.74, 6) is 0.288. The Labute approximate surface area is 102 Å². The van der Waals surface area contributed by atoms with Gasteiger partial charge in [-0.3, -0.25) is 0 Å². The molecule has 0 saturated carbocycles. The summed E-state index contributed by atoms with van der Waals surface area (Å²) in [6.07, 6.45) is 1.61. The van der Waals surface area contributed by atoms with Crippen LogP contribution in [-0.2, 0) is 0 Å². The quantitative estimate of drug-likeness (QED) is 0.538. The largest absolute Gasteiger partial charge is 0.398 e. The summed E-state index contributed by atoms with van der Waals surface area (Å²) in [5, 5.41) is 0.516. The average Bonchev–Trinajstić information content (AvgIpc) is 2.22. The van der Waals surface area contributed by atoms with Gasteiger partial charge in [0.05, 0.1) is 10.7 Å². The van der Waals surface area contributed by atoms with Crippen molar-refractivity contribution in [2.24, 2.45) is 0 Å². The molecule has 1 heterocycles. The maximum Gasteiger partial charge on any atom is 0.198 e. The highest BCUT2D eigenvalue weighted by atomic mass is 35.5. The van der Waals surface area contributed by atoms with E-state index in [1.807, 2.05) is 6.07 Å². The van der Waals surface area contributed by atoms with Gasteiger partial charge in [-0.15, -0.1) is 0 Å². The van der Waals surface area contributed by atoms with E-state index in [2.05, 4.69) is 9.97 Å². The Kier molecular flexibility index (Phi) is 2.80. The lowest BCUT2D eigenvalue weighted by Crippen LogP contribution is -1.96. The molecule has 0 fully saturated rings. The minimum absolute atomic E-state index is 0.288. The third-order valence-electron chi connectivity index (χ3n) is 2.13. The predicted octanol–water partition coefficient (Wildman–Crippen LogP) is 2.62. The molecule has 0 aliphatic heterocycles. The lowest BCUT2D eigenvalue weighted by Gasteiger charge is -2.04. The first-order valence-corrected chi connectivity index (χ1v) is 5.27. The highest BCUT2D eigenvalue weighted by Crippen LogP contribution is 2.26. The van der Waals surface area contributed by atoms with Crippen molar-refractivity contribution in [1.29, 1.82) is 0 Å². The summed E-state index contributed by atoms with van der Waals surface area (Å²) in [4.78, 5) is 6.73. The van der Waals surface area contributed by atoms with Crippen molar-refractivity contribution in [1.82, 2.24) is 9.97 Å². The molecule has 2 aromatic rings. The van der Waals surface area contributed by atoms with Crippen molar-refractivity contribution in [3.63, 3.8) is 0 Å². The number of aromatic nitrogens is 2. The van der Waals surface area contributed by atoms with Gasteiger partial charge in [-0.25, -0.2) is 4.98 Å². The van der Waals surface area contributed by atoms with Gasteiger partial charge in [-0.2, -0.15) is 0 Å². The van der Waals surface area contributed by atoms with Crippen LogP contribution in [0.1, 0.15) is 0 Å². The second kappa shape index (κ2) is 4.11. The molecule has 82 valence electrons. The molecule has 0 bridgehead atoms. The van der Waals surface area contributed by atoms with E-state index < -0.39 is 0 Å². The number of anilines is 2. The molecular formula is C10H9ClN4S. The maximum absolute atomic E-state index is 5.84. The van der Waals surface area contributed by atoms with Gasteiger partial charge in [0, 0.05) is 11.8 Å². The minimum atomic E-state index is 0.288. The zero-order valence-electron chi connectivity index (χ0n) is 8.20. The first-order chi connectivity index (χ1) is 7.58. The van der Waals surface area contributed by atoms with Gasteiger partial charge in [0.1, 0.15) is 4.64 Å². The van der Waals surface area contributed by atoms with Crippen LogP contribution >= 0.6 is 23.8 Å². The number of H-pyrrole nitrogens is 1. The van der Waals surface area contributed by atoms with Gasteiger partial charge >= 0.3 is 0 Å². The molecular weight excluding hydrogens is 244 g/mol. The number of nitrogens with two attached hydrogens (primary N) is 2. The molecule has 0 atom stereocenters. The van der Waals surface area contributed by atoms with Gasteiger partial charge in [0.15, 0.2) is 5.95 Å². The molecule has 1 aromatic heterocycles. The summed E-state index contributed by atoms with van der Waals surface area (Å²) in [6, 6.07) is 5.30. The molecule has 0 spiro atoms. The summed E-state index contributed by atoms with van der Waals surface area (Å²) < 4.78 is 0.522. The monoisotopic (exact) mass is 252 g/mol. The number of aromatic amines is 1. The van der Waals surface area contributed by atoms with Gasteiger partial charge in [0.2, 0.25) is 0 Å². The highest BCUT2D eigenvalue weighted by molar-refractivity contribution is 7.71. The molecule has 5 N–H and O–H groups in total. The van der Waals surface area contributed by atoms with Crippen molar-refractivity contribution in [2.75, 3.05) is 11.5 Å². The van der Waals surface area contributed by atoms with Crippen LogP contribution in [0.2, 0.25) is 5.02 Å². The molecule has 0 unspecified atom stereocenters. The average molecular weight is 253 g/mol. The molecule has 0 amide bonds. The van der Waals surface area contributed by atoms with Crippen molar-refractivity contribution < 1.29 is 0 Å². The lowest BCUT2D eigenvalue weighted by molar-refractivity contribution is 1.17. The van der Waals surface area contributed by atoms with E-state index in [0.29, 0.717) is 15.4 Å². The Hall–Kier alpha value is -1.59. The van der Waals surface area contributed by atoms with Gasteiger partial charge < -0.3 is 16.5 Å². The van der Waals surface area contributed by atoms with Gasteiger partial charge in [0.25, 0.3) is 0 Å². The van der Waals surface area contributed by atoms with Crippen LogP contribution in [0.5, 0.6) is 0 Å². The number of halogens is 1. The standard InChI is InChI=1S/C10H9ClN4S/c11-7-2-1-5(3-8(7)12)6-4-14-10(13)15-9(6)16/h1-4H,12H2,(H3,13,14,15,16). The van der Waals surface area contributed by atoms with Crippen molar-refractivity contribution in [3.05, 3.63) is 34.1 Å². The highest BCUT2D eigenvalue weighted by Gasteiger charge is 2.04. The first-order valence-electron chi connectivity index (χ1n) is 4.48. The second-order valence-electron chi connectivity index (χ2n) is 3.25. The minimum Gasteiger partial charge on any atom is -0.398 e. The van der Waals surface area contributed by atoms with Gasteiger partial charge in [-0.1, -0.05) is 29.9 Å². The summed E-state index contributed by atoms with van der Waals surface area (Å²) >= 11 is 11.0. The number of benzene rings is 1. The van der Waals surface area contributed by atoms with Crippen molar-refractivity contribution >= 4 is 35.5 Å². The zero-order valence-corrected chi connectivity index (χ0v) is 9.77. The smallest absolute Gasteiger partial charge is 0.198 e. The predicted molar refractivity (Wildman–Crippen MR) is 68.7 cm³/mol. The van der Waals surface area contributed by atoms with E-state index in [-0.39, 0.29) is 5.95 Å². The fourth-order valence-electron chi connectivity index (χ4n) is 1.33. The van der Waals surface area contributed by atoms with Crippen LogP contribution in [0.25, 0.3) is 11.1 Å². The second-order valence-corrected chi connectivity index (χ2v) is 4.06. The zero-order chi connectivity index (χ0) is 11.7. The normalized spacial score (nSPS) is 10.3. The fourth-order valence-corrected chi connectivity index (χ4v) is 1.72. The third-order valence-corrected chi connectivity index (χ3v) is 2.79. The van der Waals surface area contributed by atoms with Crippen molar-refractivity contribution in [2.45, 2.75) is 0 Å². The summed E-state index contributed by atoms with van der Waals surface area (Å²) in [5.41, 5.74) is 13.3. The molecule has 16 heavy (non-hydrogen) atoms. The molecule has 4 nitrogen and oxygen atoms in total. The number of nitrogens with zero attached hydrogens (tertiary/aromatic N) is 1. The van der Waals surface area contributed by atoms with E-state index in [0.717, 1.165) is 11.1 Å². The number of rotatable bonds is 1. The molecule has 1 aromatic carbocycles. The topological polar surface area (TPSA) is 80.7 Å². The molecule has 6 heteroatoms.